The van der Waals surface area contributed by atoms with Crippen molar-refractivity contribution >= 4 is 11.6 Å². The minimum absolute atomic E-state index is 0.0153. The van der Waals surface area contributed by atoms with Gasteiger partial charge in [-0.2, -0.15) is 0 Å². The molecule has 2 aromatic carbocycles. The molecular formula is C19H24N2O2. The number of anilines is 1. The summed E-state index contributed by atoms with van der Waals surface area (Å²) in [7, 11) is 0. The molecule has 0 spiro atoms. The summed E-state index contributed by atoms with van der Waals surface area (Å²) in [6.45, 7) is 7.30. The molecule has 4 heteroatoms. The molecule has 0 saturated heterocycles. The quantitative estimate of drug-likeness (QED) is 0.657. The van der Waals surface area contributed by atoms with Gasteiger partial charge in [0.15, 0.2) is 0 Å². The van der Waals surface area contributed by atoms with E-state index < -0.39 is 0 Å². The Morgan fingerprint density at radius 3 is 2.57 bits per heavy atom. The highest BCUT2D eigenvalue weighted by molar-refractivity contribution is 5.94. The molecule has 0 aromatic heterocycles. The van der Waals surface area contributed by atoms with E-state index >= 15 is 0 Å². The van der Waals surface area contributed by atoms with Gasteiger partial charge in [0.2, 0.25) is 0 Å². The maximum atomic E-state index is 12.0. The van der Waals surface area contributed by atoms with E-state index in [9.17, 15) is 4.79 Å². The van der Waals surface area contributed by atoms with Gasteiger partial charge in [0, 0.05) is 11.3 Å². The average molecular weight is 312 g/mol. The highest BCUT2D eigenvalue weighted by Crippen LogP contribution is 2.30. The molecule has 0 unspecified atom stereocenters. The topological polar surface area (TPSA) is 64.3 Å². The van der Waals surface area contributed by atoms with Crippen molar-refractivity contribution in [2.24, 2.45) is 0 Å². The van der Waals surface area contributed by atoms with E-state index in [1.54, 1.807) is 24.3 Å². The van der Waals surface area contributed by atoms with Crippen molar-refractivity contribution in [2.75, 3.05) is 18.9 Å². The summed E-state index contributed by atoms with van der Waals surface area (Å²) in [6.07, 6.45) is 0. The smallest absolute Gasteiger partial charge is 0.251 e. The fourth-order valence-corrected chi connectivity index (χ4v) is 2.32. The van der Waals surface area contributed by atoms with E-state index in [0.717, 1.165) is 11.3 Å². The van der Waals surface area contributed by atoms with Crippen LogP contribution in [0.5, 0.6) is 5.75 Å². The molecule has 0 heterocycles. The third-order valence-electron chi connectivity index (χ3n) is 3.49. The van der Waals surface area contributed by atoms with E-state index in [4.69, 9.17) is 10.5 Å². The SMILES string of the molecule is CC(C)(C)c1ccccc1OCCNC(=O)c1cccc(N)c1. The molecule has 0 atom stereocenters. The van der Waals surface area contributed by atoms with Crippen LogP contribution in [0, 0.1) is 0 Å². The lowest BCUT2D eigenvalue weighted by Crippen LogP contribution is -2.28. The van der Waals surface area contributed by atoms with Crippen LogP contribution >= 0.6 is 0 Å². The molecule has 0 bridgehead atoms. The normalized spacial score (nSPS) is 11.1. The number of para-hydroxylation sites is 1. The zero-order valence-electron chi connectivity index (χ0n) is 13.9. The first kappa shape index (κ1) is 16.9. The number of ether oxygens (including phenoxy) is 1. The fourth-order valence-electron chi connectivity index (χ4n) is 2.32. The zero-order chi connectivity index (χ0) is 16.9. The standard InChI is InChI=1S/C19H24N2O2/c1-19(2,3)16-9-4-5-10-17(16)23-12-11-21-18(22)14-7-6-8-15(20)13-14/h4-10,13H,11-12,20H2,1-3H3,(H,21,22). The van der Waals surface area contributed by atoms with E-state index in [-0.39, 0.29) is 11.3 Å². The molecule has 2 rings (SSSR count). The minimum atomic E-state index is -0.148. The molecule has 0 aliphatic rings. The van der Waals surface area contributed by atoms with Crippen molar-refractivity contribution in [2.45, 2.75) is 26.2 Å². The van der Waals surface area contributed by atoms with Crippen molar-refractivity contribution in [1.82, 2.24) is 5.32 Å². The predicted molar refractivity (Wildman–Crippen MR) is 93.8 cm³/mol. The predicted octanol–water partition coefficient (Wildman–Crippen LogP) is 3.38. The number of carbonyl (C=O) groups excluding carboxylic acids is 1. The van der Waals surface area contributed by atoms with Crippen LogP contribution in [0.3, 0.4) is 0 Å². The number of nitrogens with two attached hydrogens (primary N) is 1. The second kappa shape index (κ2) is 7.18. The van der Waals surface area contributed by atoms with Gasteiger partial charge >= 0.3 is 0 Å². The molecule has 0 aliphatic carbocycles. The number of amides is 1. The number of carbonyl (C=O) groups is 1. The molecule has 4 nitrogen and oxygen atoms in total. The maximum absolute atomic E-state index is 12.0. The van der Waals surface area contributed by atoms with Gasteiger partial charge in [0.1, 0.15) is 12.4 Å². The molecular weight excluding hydrogens is 288 g/mol. The maximum Gasteiger partial charge on any atom is 0.251 e. The summed E-state index contributed by atoms with van der Waals surface area (Å²) in [4.78, 5) is 12.0. The van der Waals surface area contributed by atoms with Gasteiger partial charge in [-0.1, -0.05) is 45.0 Å². The number of nitrogens with one attached hydrogen (secondary N) is 1. The molecule has 122 valence electrons. The molecule has 0 aliphatic heterocycles. The Labute approximate surface area is 137 Å². The number of benzene rings is 2. The Morgan fingerprint density at radius 2 is 1.87 bits per heavy atom. The van der Waals surface area contributed by atoms with Crippen LogP contribution in [0.1, 0.15) is 36.7 Å². The van der Waals surface area contributed by atoms with E-state index in [0.29, 0.717) is 24.4 Å². The second-order valence-corrected chi connectivity index (χ2v) is 6.48. The van der Waals surface area contributed by atoms with Gasteiger partial charge in [0.05, 0.1) is 6.54 Å². The Balaban J connectivity index is 1.88. The Hall–Kier alpha value is -2.49. The monoisotopic (exact) mass is 312 g/mol. The van der Waals surface area contributed by atoms with Crippen LogP contribution in [0.2, 0.25) is 0 Å². The number of hydrogen-bond donors (Lipinski definition) is 2. The Kier molecular flexibility index (Phi) is 5.27. The van der Waals surface area contributed by atoms with Gasteiger partial charge in [-0.3, -0.25) is 4.79 Å². The van der Waals surface area contributed by atoms with Crippen LogP contribution in [0.15, 0.2) is 48.5 Å². The first-order valence-corrected chi connectivity index (χ1v) is 7.74. The van der Waals surface area contributed by atoms with Crippen LogP contribution in [0.25, 0.3) is 0 Å². The summed E-state index contributed by atoms with van der Waals surface area (Å²) < 4.78 is 5.83. The van der Waals surface area contributed by atoms with Gasteiger partial charge in [-0.25, -0.2) is 0 Å². The Morgan fingerprint density at radius 1 is 1.13 bits per heavy atom. The summed E-state index contributed by atoms with van der Waals surface area (Å²) in [5.74, 6) is 0.711. The van der Waals surface area contributed by atoms with E-state index in [1.165, 1.54) is 0 Å². The van der Waals surface area contributed by atoms with Gasteiger partial charge in [0.25, 0.3) is 5.91 Å². The van der Waals surface area contributed by atoms with Crippen molar-refractivity contribution in [3.05, 3.63) is 59.7 Å². The van der Waals surface area contributed by atoms with Gasteiger partial charge in [-0.05, 0) is 35.2 Å². The van der Waals surface area contributed by atoms with Gasteiger partial charge in [-0.15, -0.1) is 0 Å². The van der Waals surface area contributed by atoms with Crippen molar-refractivity contribution < 1.29 is 9.53 Å². The van der Waals surface area contributed by atoms with Crippen LogP contribution in [-0.4, -0.2) is 19.1 Å². The zero-order valence-corrected chi connectivity index (χ0v) is 13.9. The fraction of sp³-hybridized carbons (Fsp3) is 0.316. The third-order valence-corrected chi connectivity index (χ3v) is 3.49. The highest BCUT2D eigenvalue weighted by atomic mass is 16.5. The van der Waals surface area contributed by atoms with E-state index in [1.807, 2.05) is 18.2 Å². The number of rotatable bonds is 5. The van der Waals surface area contributed by atoms with Crippen molar-refractivity contribution in [1.29, 1.82) is 0 Å². The molecule has 2 aromatic rings. The Bertz CT molecular complexity index is 675. The minimum Gasteiger partial charge on any atom is -0.491 e. The van der Waals surface area contributed by atoms with Crippen LogP contribution in [-0.2, 0) is 5.41 Å². The largest absolute Gasteiger partial charge is 0.491 e. The molecule has 3 N–H and O–H groups in total. The molecule has 0 saturated carbocycles. The summed E-state index contributed by atoms with van der Waals surface area (Å²) in [6, 6.07) is 14.9. The summed E-state index contributed by atoms with van der Waals surface area (Å²) in [5, 5.41) is 2.84. The van der Waals surface area contributed by atoms with Crippen LogP contribution in [0.4, 0.5) is 5.69 Å². The average Bonchev–Trinajstić information content (AvgIpc) is 2.51. The molecule has 1 amide bonds. The highest BCUT2D eigenvalue weighted by Gasteiger charge is 2.18. The summed E-state index contributed by atoms with van der Waals surface area (Å²) >= 11 is 0. The van der Waals surface area contributed by atoms with Crippen molar-refractivity contribution in [3.8, 4) is 5.75 Å². The summed E-state index contributed by atoms with van der Waals surface area (Å²) in [5.41, 5.74) is 7.98. The second-order valence-electron chi connectivity index (χ2n) is 6.48. The first-order chi connectivity index (χ1) is 10.9. The number of hydrogen-bond acceptors (Lipinski definition) is 3. The lowest BCUT2D eigenvalue weighted by Gasteiger charge is -2.22. The first-order valence-electron chi connectivity index (χ1n) is 7.74. The van der Waals surface area contributed by atoms with Gasteiger partial charge < -0.3 is 15.8 Å². The van der Waals surface area contributed by atoms with Crippen LogP contribution < -0.4 is 15.8 Å². The number of nitrogen functional groups attached to an aromatic ring is 1. The van der Waals surface area contributed by atoms with E-state index in [2.05, 4.69) is 32.2 Å². The third kappa shape index (κ3) is 4.74. The van der Waals surface area contributed by atoms with Crippen molar-refractivity contribution in [3.63, 3.8) is 0 Å². The molecule has 0 radical (unpaired) electrons. The lowest BCUT2D eigenvalue weighted by atomic mass is 9.86. The molecule has 23 heavy (non-hydrogen) atoms. The lowest BCUT2D eigenvalue weighted by molar-refractivity contribution is 0.0947. The molecule has 0 fully saturated rings.